The largest absolute Gasteiger partial charge is 0.467 e. The number of fused-ring (bicyclic) bond motifs is 1. The molecule has 6 heteroatoms. The number of hydrogen-bond donors (Lipinski definition) is 0. The summed E-state index contributed by atoms with van der Waals surface area (Å²) >= 11 is 0. The fourth-order valence-corrected chi connectivity index (χ4v) is 2.91. The van der Waals surface area contributed by atoms with Gasteiger partial charge in [-0.25, -0.2) is 4.68 Å². The topological polar surface area (TPSA) is 68.3 Å². The van der Waals surface area contributed by atoms with E-state index in [2.05, 4.69) is 11.0 Å². The number of rotatable bonds is 6. The van der Waals surface area contributed by atoms with E-state index in [-0.39, 0.29) is 36.2 Å². The van der Waals surface area contributed by atoms with Gasteiger partial charge in [0.2, 0.25) is 0 Å². The summed E-state index contributed by atoms with van der Waals surface area (Å²) in [4.78, 5) is 27.4. The predicted octanol–water partition coefficient (Wildman–Crippen LogP) is 2.92. The summed E-state index contributed by atoms with van der Waals surface area (Å²) in [5, 5.41) is 5.38. The third-order valence-corrected chi connectivity index (χ3v) is 4.10. The number of nitrogens with zero attached hydrogens (tertiary/aromatic N) is 3. The lowest BCUT2D eigenvalue weighted by Crippen LogP contribution is -2.35. The Balaban J connectivity index is 2.10. The molecule has 2 heterocycles. The molecule has 27 heavy (non-hydrogen) atoms. The number of aromatic nitrogens is 2. The summed E-state index contributed by atoms with van der Waals surface area (Å²) < 4.78 is 6.70. The second kappa shape index (κ2) is 7.92. The van der Waals surface area contributed by atoms with Crippen LogP contribution in [0.15, 0.2) is 51.9 Å². The summed E-state index contributed by atoms with van der Waals surface area (Å²) in [6.07, 6.45) is 7.00. The Labute approximate surface area is 157 Å². The van der Waals surface area contributed by atoms with Crippen molar-refractivity contribution in [3.8, 4) is 12.3 Å². The molecule has 0 unspecified atom stereocenters. The van der Waals surface area contributed by atoms with Crippen LogP contribution >= 0.6 is 0 Å². The lowest BCUT2D eigenvalue weighted by molar-refractivity contribution is 0.0748. The highest BCUT2D eigenvalue weighted by Crippen LogP contribution is 2.17. The first-order chi connectivity index (χ1) is 13.0. The lowest BCUT2D eigenvalue weighted by atomic mass is 10.1. The molecule has 3 aromatic rings. The highest BCUT2D eigenvalue weighted by molar-refractivity contribution is 6.04. The minimum absolute atomic E-state index is 0.110. The molecule has 0 saturated carbocycles. The van der Waals surface area contributed by atoms with Crippen LogP contribution in [0.3, 0.4) is 0 Å². The Morgan fingerprint density at radius 3 is 2.63 bits per heavy atom. The van der Waals surface area contributed by atoms with Crippen LogP contribution in [0, 0.1) is 18.3 Å². The monoisotopic (exact) mass is 363 g/mol. The Morgan fingerprint density at radius 2 is 2.00 bits per heavy atom. The number of amides is 1. The molecule has 0 spiro atoms. The van der Waals surface area contributed by atoms with Crippen LogP contribution in [0.4, 0.5) is 0 Å². The van der Waals surface area contributed by atoms with Crippen LogP contribution in [-0.2, 0) is 13.1 Å². The van der Waals surface area contributed by atoms with Crippen molar-refractivity contribution in [3.05, 3.63) is 64.5 Å². The van der Waals surface area contributed by atoms with Crippen molar-refractivity contribution >= 4 is 16.7 Å². The van der Waals surface area contributed by atoms with Gasteiger partial charge in [0.1, 0.15) is 5.76 Å². The van der Waals surface area contributed by atoms with E-state index >= 15 is 0 Å². The number of terminal acetylenes is 1. The van der Waals surface area contributed by atoms with Crippen molar-refractivity contribution in [1.29, 1.82) is 0 Å². The van der Waals surface area contributed by atoms with Gasteiger partial charge in [-0.1, -0.05) is 38.0 Å². The standard InChI is InChI=1S/C21H21N3O3/c1-4-11-23(14-16-8-7-12-27-16)21(26)19-17-9-5-6-10-18(17)20(25)24(22-19)13-15(2)3/h1,5-10,12,15H,11,13-14H2,2-3H3. The predicted molar refractivity (Wildman–Crippen MR) is 103 cm³/mol. The van der Waals surface area contributed by atoms with Crippen molar-refractivity contribution in [2.75, 3.05) is 6.54 Å². The first-order valence-corrected chi connectivity index (χ1v) is 8.76. The second-order valence-electron chi connectivity index (χ2n) is 6.72. The summed E-state index contributed by atoms with van der Waals surface area (Å²) in [7, 11) is 0. The third-order valence-electron chi connectivity index (χ3n) is 4.10. The number of furan rings is 1. The fourth-order valence-electron chi connectivity index (χ4n) is 2.91. The van der Waals surface area contributed by atoms with E-state index in [1.165, 1.54) is 9.58 Å². The third kappa shape index (κ3) is 3.93. The van der Waals surface area contributed by atoms with E-state index in [0.29, 0.717) is 23.1 Å². The van der Waals surface area contributed by atoms with Gasteiger partial charge in [0.05, 0.1) is 24.7 Å². The smallest absolute Gasteiger partial charge is 0.276 e. The van der Waals surface area contributed by atoms with E-state index in [4.69, 9.17) is 10.8 Å². The van der Waals surface area contributed by atoms with Gasteiger partial charge < -0.3 is 9.32 Å². The van der Waals surface area contributed by atoms with E-state index in [1.54, 1.807) is 42.7 Å². The van der Waals surface area contributed by atoms with E-state index in [0.717, 1.165) is 0 Å². The molecule has 1 amide bonds. The molecule has 0 atom stereocenters. The summed E-state index contributed by atoms with van der Waals surface area (Å²) in [6.45, 7) is 4.75. The van der Waals surface area contributed by atoms with Gasteiger partial charge >= 0.3 is 0 Å². The fraction of sp³-hybridized carbons (Fsp3) is 0.286. The van der Waals surface area contributed by atoms with Crippen molar-refractivity contribution in [1.82, 2.24) is 14.7 Å². The van der Waals surface area contributed by atoms with Crippen LogP contribution in [0.1, 0.15) is 30.1 Å². The first-order valence-electron chi connectivity index (χ1n) is 8.76. The first kappa shape index (κ1) is 18.5. The van der Waals surface area contributed by atoms with Gasteiger partial charge in [0.25, 0.3) is 11.5 Å². The van der Waals surface area contributed by atoms with Crippen LogP contribution in [0.25, 0.3) is 10.8 Å². The zero-order valence-corrected chi connectivity index (χ0v) is 15.4. The Bertz CT molecular complexity index is 1040. The molecule has 0 aliphatic rings. The van der Waals surface area contributed by atoms with E-state index < -0.39 is 0 Å². The summed E-state index contributed by atoms with van der Waals surface area (Å²) in [5.41, 5.74) is 0.0121. The molecule has 0 aliphatic heterocycles. The molecular formula is C21H21N3O3. The minimum atomic E-state index is -0.335. The average molecular weight is 363 g/mol. The molecular weight excluding hydrogens is 342 g/mol. The molecule has 0 bridgehead atoms. The minimum Gasteiger partial charge on any atom is -0.467 e. The van der Waals surface area contributed by atoms with Gasteiger partial charge in [-0.2, -0.15) is 5.10 Å². The molecule has 0 radical (unpaired) electrons. The number of hydrogen-bond acceptors (Lipinski definition) is 4. The molecule has 2 aromatic heterocycles. The molecule has 1 aromatic carbocycles. The van der Waals surface area contributed by atoms with Crippen LogP contribution in [0.2, 0.25) is 0 Å². The van der Waals surface area contributed by atoms with Gasteiger partial charge in [-0.3, -0.25) is 9.59 Å². The van der Waals surface area contributed by atoms with E-state index in [1.807, 2.05) is 13.8 Å². The van der Waals surface area contributed by atoms with Crippen molar-refractivity contribution in [3.63, 3.8) is 0 Å². The highest BCUT2D eigenvalue weighted by Gasteiger charge is 2.22. The zero-order valence-electron chi connectivity index (χ0n) is 15.4. The van der Waals surface area contributed by atoms with Gasteiger partial charge in [-0.15, -0.1) is 6.42 Å². The van der Waals surface area contributed by atoms with Crippen molar-refractivity contribution in [2.45, 2.75) is 26.9 Å². The molecule has 6 nitrogen and oxygen atoms in total. The van der Waals surface area contributed by atoms with E-state index in [9.17, 15) is 9.59 Å². The Hall–Kier alpha value is -3.33. The van der Waals surface area contributed by atoms with Crippen LogP contribution in [0.5, 0.6) is 0 Å². The second-order valence-corrected chi connectivity index (χ2v) is 6.72. The zero-order chi connectivity index (χ0) is 19.4. The van der Waals surface area contributed by atoms with Gasteiger partial charge in [0, 0.05) is 11.9 Å². The average Bonchev–Trinajstić information content (AvgIpc) is 3.16. The molecule has 0 saturated heterocycles. The van der Waals surface area contributed by atoms with Crippen molar-refractivity contribution < 1.29 is 9.21 Å². The normalized spacial score (nSPS) is 10.9. The Kier molecular flexibility index (Phi) is 5.41. The maximum atomic E-state index is 13.2. The SMILES string of the molecule is C#CCN(Cc1ccco1)C(=O)c1nn(CC(C)C)c(=O)c2ccccc12. The summed E-state index contributed by atoms with van der Waals surface area (Å²) in [5.74, 6) is 3.00. The van der Waals surface area contributed by atoms with Crippen LogP contribution < -0.4 is 5.56 Å². The molecule has 0 aliphatic carbocycles. The van der Waals surface area contributed by atoms with Crippen LogP contribution in [-0.4, -0.2) is 27.1 Å². The number of carbonyl (C=O) groups is 1. The highest BCUT2D eigenvalue weighted by atomic mass is 16.3. The van der Waals surface area contributed by atoms with Gasteiger partial charge in [0.15, 0.2) is 5.69 Å². The summed E-state index contributed by atoms with van der Waals surface area (Å²) in [6, 6.07) is 10.5. The quantitative estimate of drug-likeness (QED) is 0.632. The molecule has 0 fully saturated rings. The molecule has 0 N–H and O–H groups in total. The molecule has 138 valence electrons. The number of carbonyl (C=O) groups excluding carboxylic acids is 1. The molecule has 3 rings (SSSR count). The van der Waals surface area contributed by atoms with Crippen molar-refractivity contribution in [2.24, 2.45) is 5.92 Å². The maximum absolute atomic E-state index is 13.2. The number of benzene rings is 1. The van der Waals surface area contributed by atoms with Gasteiger partial charge in [-0.05, 0) is 24.1 Å². The lowest BCUT2D eigenvalue weighted by Gasteiger charge is -2.20. The Morgan fingerprint density at radius 1 is 1.26 bits per heavy atom. The maximum Gasteiger partial charge on any atom is 0.276 e.